The van der Waals surface area contributed by atoms with Gasteiger partial charge in [-0.3, -0.25) is 0 Å². The summed E-state index contributed by atoms with van der Waals surface area (Å²) in [5, 5.41) is 4.95. The van der Waals surface area contributed by atoms with Gasteiger partial charge in [0.25, 0.3) is 0 Å². The molecule has 11 rings (SSSR count). The van der Waals surface area contributed by atoms with Crippen LogP contribution in [0.2, 0.25) is 0 Å². The zero-order valence-corrected chi connectivity index (χ0v) is 31.1. The van der Waals surface area contributed by atoms with Crippen molar-refractivity contribution in [3.05, 3.63) is 200 Å². The van der Waals surface area contributed by atoms with Crippen LogP contribution in [0.4, 0.5) is 0 Å². The Morgan fingerprint density at radius 1 is 0.339 bits per heavy atom. The lowest BCUT2D eigenvalue weighted by Crippen LogP contribution is -2.01. The van der Waals surface area contributed by atoms with Crippen molar-refractivity contribution in [3.63, 3.8) is 0 Å². The van der Waals surface area contributed by atoms with Crippen LogP contribution in [-0.2, 0) is 0 Å². The Balaban J connectivity index is 1.16. The molecule has 56 heavy (non-hydrogen) atoms. The number of hydrogen-bond acceptors (Lipinski definition) is 3. The predicted molar refractivity (Wildman–Crippen MR) is 236 cm³/mol. The van der Waals surface area contributed by atoms with Crippen LogP contribution < -0.4 is 0 Å². The lowest BCUT2D eigenvalue weighted by atomic mass is 9.94. The largest absolute Gasteiger partial charge is 0.309 e. The molecule has 0 saturated carbocycles. The lowest BCUT2D eigenvalue weighted by Gasteiger charge is -2.17. The van der Waals surface area contributed by atoms with E-state index >= 15 is 0 Å². The molecule has 0 N–H and O–H groups in total. The molecule has 0 aliphatic heterocycles. The number of nitrogens with zero attached hydrogens (tertiary/aromatic N) is 3. The Hall–Kier alpha value is -7.14. The van der Waals surface area contributed by atoms with Gasteiger partial charge in [-0.25, -0.2) is 9.97 Å². The maximum Gasteiger partial charge on any atom is 0.160 e. The highest BCUT2D eigenvalue weighted by Crippen LogP contribution is 2.42. The third kappa shape index (κ3) is 5.42. The maximum absolute atomic E-state index is 5.42. The molecule has 0 atom stereocenters. The minimum atomic E-state index is 0.691. The van der Waals surface area contributed by atoms with Crippen molar-refractivity contribution in [1.82, 2.24) is 14.5 Å². The number of fused-ring (bicyclic) bond motifs is 6. The summed E-state index contributed by atoms with van der Waals surface area (Å²) in [4.78, 5) is 10.8. The number of para-hydroxylation sites is 1. The zero-order valence-electron chi connectivity index (χ0n) is 30.3. The van der Waals surface area contributed by atoms with Gasteiger partial charge in [0.1, 0.15) is 0 Å². The normalized spacial score (nSPS) is 11.6. The van der Waals surface area contributed by atoms with E-state index in [2.05, 4.69) is 205 Å². The van der Waals surface area contributed by atoms with Gasteiger partial charge in [-0.1, -0.05) is 140 Å². The van der Waals surface area contributed by atoms with Crippen LogP contribution in [0.3, 0.4) is 0 Å². The molecule has 3 nitrogen and oxygen atoms in total. The quantitative estimate of drug-likeness (QED) is 0.170. The molecule has 4 heteroatoms. The second kappa shape index (κ2) is 13.3. The summed E-state index contributed by atoms with van der Waals surface area (Å²) in [5.74, 6) is 0.691. The minimum Gasteiger partial charge on any atom is -0.309 e. The van der Waals surface area contributed by atoms with Crippen molar-refractivity contribution in [2.24, 2.45) is 0 Å². The molecule has 3 aromatic heterocycles. The van der Waals surface area contributed by atoms with E-state index in [-0.39, 0.29) is 0 Å². The van der Waals surface area contributed by atoms with Crippen LogP contribution in [0.25, 0.3) is 104 Å². The van der Waals surface area contributed by atoms with Crippen LogP contribution in [0.1, 0.15) is 0 Å². The third-order valence-electron chi connectivity index (χ3n) is 10.8. The number of aromatic nitrogens is 3. The third-order valence-corrected chi connectivity index (χ3v) is 12.0. The summed E-state index contributed by atoms with van der Waals surface area (Å²) in [6.07, 6.45) is 0. The van der Waals surface area contributed by atoms with E-state index < -0.39 is 0 Å². The average molecular weight is 732 g/mol. The fourth-order valence-electron chi connectivity index (χ4n) is 8.18. The van der Waals surface area contributed by atoms with Gasteiger partial charge in [0.15, 0.2) is 5.82 Å². The Labute approximate surface area is 328 Å². The Morgan fingerprint density at radius 3 is 1.43 bits per heavy atom. The van der Waals surface area contributed by atoms with Crippen LogP contribution in [0.5, 0.6) is 0 Å². The molecule has 11 aromatic rings. The highest BCUT2D eigenvalue weighted by atomic mass is 32.1. The summed E-state index contributed by atoms with van der Waals surface area (Å²) in [6, 6.07) is 71.3. The molecule has 0 amide bonds. The highest BCUT2D eigenvalue weighted by molar-refractivity contribution is 7.25. The smallest absolute Gasteiger partial charge is 0.160 e. The Bertz CT molecular complexity index is 3160. The second-order valence-electron chi connectivity index (χ2n) is 14.2. The predicted octanol–water partition coefficient (Wildman–Crippen LogP) is 14.3. The van der Waals surface area contributed by atoms with Crippen molar-refractivity contribution in [2.45, 2.75) is 0 Å². The number of hydrogen-bond donors (Lipinski definition) is 0. The van der Waals surface area contributed by atoms with Gasteiger partial charge in [-0.05, 0) is 77.4 Å². The van der Waals surface area contributed by atoms with Gasteiger partial charge >= 0.3 is 0 Å². The van der Waals surface area contributed by atoms with E-state index in [0.29, 0.717) is 5.82 Å². The molecule has 0 unspecified atom stereocenters. The summed E-state index contributed by atoms with van der Waals surface area (Å²) in [5.41, 5.74) is 12.8. The molecule has 0 aliphatic carbocycles. The zero-order chi connectivity index (χ0) is 37.0. The van der Waals surface area contributed by atoms with Crippen molar-refractivity contribution in [2.75, 3.05) is 0 Å². The van der Waals surface area contributed by atoms with Gasteiger partial charge in [0.05, 0.1) is 22.4 Å². The first-order valence-corrected chi connectivity index (χ1v) is 19.7. The van der Waals surface area contributed by atoms with Gasteiger partial charge in [0, 0.05) is 58.9 Å². The Kier molecular flexibility index (Phi) is 7.68. The van der Waals surface area contributed by atoms with Gasteiger partial charge in [-0.2, -0.15) is 0 Å². The Morgan fingerprint density at radius 2 is 0.804 bits per heavy atom. The molecule has 0 aliphatic rings. The summed E-state index contributed by atoms with van der Waals surface area (Å²) in [6.45, 7) is 0. The first kappa shape index (κ1) is 32.3. The molecule has 0 saturated heterocycles. The molecule has 0 radical (unpaired) electrons. The van der Waals surface area contributed by atoms with E-state index in [4.69, 9.17) is 9.97 Å². The molecule has 262 valence electrons. The summed E-state index contributed by atoms with van der Waals surface area (Å²) < 4.78 is 5.00. The molecular formula is C52H33N3S. The molecule has 3 heterocycles. The summed E-state index contributed by atoms with van der Waals surface area (Å²) in [7, 11) is 0. The topological polar surface area (TPSA) is 30.7 Å². The van der Waals surface area contributed by atoms with Crippen LogP contribution in [-0.4, -0.2) is 14.5 Å². The van der Waals surface area contributed by atoms with E-state index in [0.717, 1.165) is 61.3 Å². The molecule has 0 spiro atoms. The lowest BCUT2D eigenvalue weighted by molar-refractivity contribution is 1.17. The van der Waals surface area contributed by atoms with Crippen LogP contribution in [0.15, 0.2) is 200 Å². The van der Waals surface area contributed by atoms with E-state index in [1.807, 2.05) is 11.3 Å². The highest BCUT2D eigenvalue weighted by Gasteiger charge is 2.21. The second-order valence-corrected chi connectivity index (χ2v) is 15.2. The first-order valence-electron chi connectivity index (χ1n) is 18.9. The number of rotatable bonds is 6. The van der Waals surface area contributed by atoms with Crippen molar-refractivity contribution in [3.8, 4) is 61.8 Å². The van der Waals surface area contributed by atoms with Gasteiger partial charge in [0.2, 0.25) is 0 Å². The van der Waals surface area contributed by atoms with Crippen LogP contribution in [0, 0.1) is 0 Å². The first-order chi connectivity index (χ1) is 27.8. The van der Waals surface area contributed by atoms with E-state index in [1.165, 1.54) is 36.7 Å². The SMILES string of the molecule is c1ccc(-c2nc(-c3ccc4c(c3)c3cc(-c5ccc6sc7ccccc7c6c5)ccc3n4-c3ccccc3)nc(-c3ccccc3)c2-c2ccccc2)cc1. The molecule has 0 bridgehead atoms. The van der Waals surface area contributed by atoms with E-state index in [1.54, 1.807) is 0 Å². The fourth-order valence-corrected chi connectivity index (χ4v) is 9.27. The van der Waals surface area contributed by atoms with E-state index in [9.17, 15) is 0 Å². The van der Waals surface area contributed by atoms with Crippen molar-refractivity contribution in [1.29, 1.82) is 0 Å². The summed E-state index contributed by atoms with van der Waals surface area (Å²) >= 11 is 1.85. The number of thiophene rings is 1. The number of benzene rings is 8. The van der Waals surface area contributed by atoms with Gasteiger partial charge < -0.3 is 4.57 Å². The maximum atomic E-state index is 5.42. The van der Waals surface area contributed by atoms with Crippen molar-refractivity contribution < 1.29 is 0 Å². The monoisotopic (exact) mass is 731 g/mol. The van der Waals surface area contributed by atoms with Crippen molar-refractivity contribution >= 4 is 53.3 Å². The minimum absolute atomic E-state index is 0.691. The molecule has 0 fully saturated rings. The van der Waals surface area contributed by atoms with Crippen LogP contribution >= 0.6 is 11.3 Å². The van der Waals surface area contributed by atoms with Gasteiger partial charge in [-0.15, -0.1) is 11.3 Å². The molecule has 8 aromatic carbocycles. The molecular weight excluding hydrogens is 699 g/mol. The average Bonchev–Trinajstić information content (AvgIpc) is 3.82. The fraction of sp³-hybridized carbons (Fsp3) is 0. The standard InChI is InChI=1S/C52H33N3S/c1-5-15-34(16-6-1)49-50(35-17-7-2-8-18-35)53-52(54-51(49)36-19-9-3-10-20-36)39-26-29-46-43(33-39)42-31-37(25-28-45(42)55(46)40-21-11-4-12-22-40)38-27-30-48-44(32-38)41-23-13-14-24-47(41)56-48/h1-33H.